The number of para-hydroxylation sites is 1. The zero-order valence-electron chi connectivity index (χ0n) is 10.9. The maximum absolute atomic E-state index is 12.0. The number of carbonyl (C=O) groups excluding carboxylic acids is 2. The van der Waals surface area contributed by atoms with Crippen LogP contribution in [-0.2, 0) is 4.79 Å². The number of anilines is 1. The van der Waals surface area contributed by atoms with E-state index >= 15 is 0 Å². The highest BCUT2D eigenvalue weighted by molar-refractivity contribution is 6.34. The van der Waals surface area contributed by atoms with Crippen molar-refractivity contribution >= 4 is 29.5 Å². The molecule has 1 unspecified atom stereocenters. The molecule has 102 valence electrons. The van der Waals surface area contributed by atoms with Crippen molar-refractivity contribution in [2.24, 2.45) is 0 Å². The summed E-state index contributed by atoms with van der Waals surface area (Å²) in [6.07, 6.45) is 3.58. The summed E-state index contributed by atoms with van der Waals surface area (Å²) in [4.78, 5) is 25.1. The Hall–Kier alpha value is -1.55. The quantitative estimate of drug-likeness (QED) is 0.864. The van der Waals surface area contributed by atoms with Crippen molar-refractivity contribution in [1.29, 1.82) is 0 Å². The van der Waals surface area contributed by atoms with Crippen LogP contribution in [0.25, 0.3) is 0 Å². The SMILES string of the molecule is CNC(=O)C1CCCCN1c1c(Cl)cccc1C=O. The first kappa shape index (κ1) is 13.9. The van der Waals surface area contributed by atoms with E-state index in [0.717, 1.165) is 32.1 Å². The predicted molar refractivity (Wildman–Crippen MR) is 75.9 cm³/mol. The zero-order valence-corrected chi connectivity index (χ0v) is 11.6. The third-order valence-corrected chi connectivity index (χ3v) is 3.79. The molecule has 2 rings (SSSR count). The number of hydrogen-bond acceptors (Lipinski definition) is 3. The van der Waals surface area contributed by atoms with Crippen molar-refractivity contribution in [2.75, 3.05) is 18.5 Å². The molecular weight excluding hydrogens is 264 g/mol. The van der Waals surface area contributed by atoms with Gasteiger partial charge in [-0.15, -0.1) is 0 Å². The van der Waals surface area contributed by atoms with E-state index in [1.807, 2.05) is 4.90 Å². The maximum atomic E-state index is 12.0. The molecular formula is C14H17ClN2O2. The number of amides is 1. The largest absolute Gasteiger partial charge is 0.358 e. The molecule has 1 aliphatic heterocycles. The van der Waals surface area contributed by atoms with E-state index in [1.54, 1.807) is 25.2 Å². The van der Waals surface area contributed by atoms with Crippen LogP contribution in [0.3, 0.4) is 0 Å². The Morgan fingerprint density at radius 1 is 1.47 bits per heavy atom. The maximum Gasteiger partial charge on any atom is 0.242 e. The van der Waals surface area contributed by atoms with Gasteiger partial charge in [-0.2, -0.15) is 0 Å². The Balaban J connectivity index is 2.42. The monoisotopic (exact) mass is 280 g/mol. The fourth-order valence-corrected chi connectivity index (χ4v) is 2.86. The minimum Gasteiger partial charge on any atom is -0.358 e. The lowest BCUT2D eigenvalue weighted by atomic mass is 9.99. The van der Waals surface area contributed by atoms with E-state index in [4.69, 9.17) is 11.6 Å². The molecule has 0 bridgehead atoms. The van der Waals surface area contributed by atoms with E-state index in [0.29, 0.717) is 16.3 Å². The number of benzene rings is 1. The second-order valence-corrected chi connectivity index (χ2v) is 5.02. The van der Waals surface area contributed by atoms with Gasteiger partial charge in [0.05, 0.1) is 10.7 Å². The average molecular weight is 281 g/mol. The molecule has 1 fully saturated rings. The number of nitrogens with zero attached hydrogens (tertiary/aromatic N) is 1. The molecule has 1 atom stereocenters. The van der Waals surface area contributed by atoms with E-state index < -0.39 is 0 Å². The first-order chi connectivity index (χ1) is 9.19. The van der Waals surface area contributed by atoms with Gasteiger partial charge in [0.1, 0.15) is 6.04 Å². The zero-order chi connectivity index (χ0) is 13.8. The molecule has 0 spiro atoms. The predicted octanol–water partition coefficient (Wildman–Crippen LogP) is 2.26. The fourth-order valence-electron chi connectivity index (χ4n) is 2.57. The Labute approximate surface area is 117 Å². The van der Waals surface area contributed by atoms with Crippen LogP contribution in [0.4, 0.5) is 5.69 Å². The fraction of sp³-hybridized carbons (Fsp3) is 0.429. The summed E-state index contributed by atoms with van der Waals surface area (Å²) in [6.45, 7) is 0.739. The van der Waals surface area contributed by atoms with E-state index in [9.17, 15) is 9.59 Å². The van der Waals surface area contributed by atoms with Crippen LogP contribution in [-0.4, -0.2) is 31.8 Å². The molecule has 1 N–H and O–H groups in total. The number of nitrogens with one attached hydrogen (secondary N) is 1. The molecule has 1 amide bonds. The summed E-state index contributed by atoms with van der Waals surface area (Å²) >= 11 is 6.22. The van der Waals surface area contributed by atoms with Crippen LogP contribution in [0.5, 0.6) is 0 Å². The molecule has 0 aliphatic carbocycles. The molecule has 1 saturated heterocycles. The molecule has 1 aliphatic rings. The minimum atomic E-state index is -0.252. The molecule has 0 saturated carbocycles. The number of likely N-dealkylation sites (N-methyl/N-ethyl adjacent to an activating group) is 1. The molecule has 1 heterocycles. The Morgan fingerprint density at radius 2 is 2.26 bits per heavy atom. The van der Waals surface area contributed by atoms with Crippen molar-refractivity contribution < 1.29 is 9.59 Å². The van der Waals surface area contributed by atoms with Crippen LogP contribution >= 0.6 is 11.6 Å². The van der Waals surface area contributed by atoms with Gasteiger partial charge in [-0.3, -0.25) is 9.59 Å². The molecule has 19 heavy (non-hydrogen) atoms. The standard InChI is InChI=1S/C14H17ClN2O2/c1-16-14(19)12-7-2-3-8-17(12)13-10(9-18)5-4-6-11(13)15/h4-6,9,12H,2-3,7-8H2,1H3,(H,16,19). The average Bonchev–Trinajstić information content (AvgIpc) is 2.46. The summed E-state index contributed by atoms with van der Waals surface area (Å²) in [5.41, 5.74) is 1.20. The van der Waals surface area contributed by atoms with Gasteiger partial charge in [0.25, 0.3) is 0 Å². The highest BCUT2D eigenvalue weighted by Gasteiger charge is 2.30. The van der Waals surface area contributed by atoms with Crippen molar-refractivity contribution in [2.45, 2.75) is 25.3 Å². The second-order valence-electron chi connectivity index (χ2n) is 4.61. The van der Waals surface area contributed by atoms with Gasteiger partial charge < -0.3 is 10.2 Å². The Morgan fingerprint density at radius 3 is 2.95 bits per heavy atom. The van der Waals surface area contributed by atoms with Crippen molar-refractivity contribution in [3.63, 3.8) is 0 Å². The minimum absolute atomic E-state index is 0.0310. The summed E-state index contributed by atoms with van der Waals surface area (Å²) in [6, 6.07) is 4.97. The molecule has 0 aromatic heterocycles. The highest BCUT2D eigenvalue weighted by Crippen LogP contribution is 2.33. The highest BCUT2D eigenvalue weighted by atomic mass is 35.5. The number of carbonyl (C=O) groups is 2. The lowest BCUT2D eigenvalue weighted by molar-refractivity contribution is -0.122. The first-order valence-electron chi connectivity index (χ1n) is 6.41. The number of piperidine rings is 1. The van der Waals surface area contributed by atoms with Gasteiger partial charge in [0.2, 0.25) is 5.91 Å². The van der Waals surface area contributed by atoms with E-state index in [-0.39, 0.29) is 11.9 Å². The van der Waals surface area contributed by atoms with Gasteiger partial charge in [-0.1, -0.05) is 17.7 Å². The molecule has 4 nitrogen and oxygen atoms in total. The summed E-state index contributed by atoms with van der Waals surface area (Å²) in [7, 11) is 1.63. The number of halogens is 1. The third kappa shape index (κ3) is 2.73. The number of rotatable bonds is 3. The van der Waals surface area contributed by atoms with Crippen LogP contribution in [0.2, 0.25) is 5.02 Å². The van der Waals surface area contributed by atoms with Crippen LogP contribution in [0, 0.1) is 0 Å². The molecule has 1 aromatic carbocycles. The van der Waals surface area contributed by atoms with Crippen LogP contribution in [0.1, 0.15) is 29.6 Å². The molecule has 5 heteroatoms. The Kier molecular flexibility index (Phi) is 4.43. The van der Waals surface area contributed by atoms with Crippen molar-refractivity contribution in [3.05, 3.63) is 28.8 Å². The van der Waals surface area contributed by atoms with Crippen molar-refractivity contribution in [1.82, 2.24) is 5.32 Å². The normalized spacial score (nSPS) is 19.1. The van der Waals surface area contributed by atoms with E-state index in [2.05, 4.69) is 5.32 Å². The topological polar surface area (TPSA) is 49.4 Å². The third-order valence-electron chi connectivity index (χ3n) is 3.48. The van der Waals surface area contributed by atoms with Gasteiger partial charge in [0.15, 0.2) is 6.29 Å². The smallest absolute Gasteiger partial charge is 0.242 e. The van der Waals surface area contributed by atoms with Gasteiger partial charge in [-0.05, 0) is 31.4 Å². The lowest BCUT2D eigenvalue weighted by Gasteiger charge is -2.37. The van der Waals surface area contributed by atoms with Crippen LogP contribution in [0.15, 0.2) is 18.2 Å². The lowest BCUT2D eigenvalue weighted by Crippen LogP contribution is -2.49. The van der Waals surface area contributed by atoms with Crippen molar-refractivity contribution in [3.8, 4) is 0 Å². The summed E-state index contributed by atoms with van der Waals surface area (Å²) in [5, 5.41) is 3.19. The van der Waals surface area contributed by atoms with E-state index in [1.165, 1.54) is 0 Å². The molecule has 0 radical (unpaired) electrons. The number of hydrogen-bond donors (Lipinski definition) is 1. The molecule has 1 aromatic rings. The van der Waals surface area contributed by atoms with Gasteiger partial charge in [0, 0.05) is 19.2 Å². The second kappa shape index (κ2) is 6.06. The van der Waals surface area contributed by atoms with Gasteiger partial charge in [-0.25, -0.2) is 0 Å². The Bertz CT molecular complexity index is 490. The summed E-state index contributed by atoms with van der Waals surface area (Å²) < 4.78 is 0. The number of aldehydes is 1. The van der Waals surface area contributed by atoms with Gasteiger partial charge >= 0.3 is 0 Å². The first-order valence-corrected chi connectivity index (χ1v) is 6.78. The van der Waals surface area contributed by atoms with Crippen LogP contribution < -0.4 is 10.2 Å². The summed E-state index contributed by atoms with van der Waals surface area (Å²) in [5.74, 6) is -0.0310.